The molecule has 3 aliphatic heterocycles. The van der Waals surface area contributed by atoms with Gasteiger partial charge in [0.15, 0.2) is 0 Å². The number of rotatable bonds is 3. The molecule has 0 bridgehead atoms. The van der Waals surface area contributed by atoms with Crippen molar-refractivity contribution in [2.45, 2.75) is 29.5 Å². The number of alkyl halides is 1. The summed E-state index contributed by atoms with van der Waals surface area (Å²) >= 11 is 3.06. The molecule has 1 amide bonds. The minimum Gasteiger partial charge on any atom is -0.330 e. The molecule has 1 aromatic carbocycles. The third-order valence-electron chi connectivity index (χ3n) is 5.19. The van der Waals surface area contributed by atoms with E-state index < -0.39 is 15.2 Å². The van der Waals surface area contributed by atoms with Crippen molar-refractivity contribution in [3.63, 3.8) is 0 Å². The number of para-hydroxylation sites is 1. The monoisotopic (exact) mass is 425 g/mol. The first-order valence-electron chi connectivity index (χ1n) is 8.71. The van der Waals surface area contributed by atoms with Gasteiger partial charge in [0.05, 0.1) is 12.4 Å². The van der Waals surface area contributed by atoms with Crippen LogP contribution >= 0.6 is 15.9 Å². The lowest BCUT2D eigenvalue weighted by molar-refractivity contribution is -0.561. The van der Waals surface area contributed by atoms with Crippen molar-refractivity contribution >= 4 is 27.5 Å². The van der Waals surface area contributed by atoms with Crippen LogP contribution in [-0.2, 0) is 20.1 Å². The van der Waals surface area contributed by atoms with Crippen molar-refractivity contribution in [1.82, 2.24) is 4.90 Å². The highest BCUT2D eigenvalue weighted by molar-refractivity contribution is 9.10. The Labute approximate surface area is 159 Å². The van der Waals surface area contributed by atoms with Gasteiger partial charge in [-0.2, -0.15) is 0 Å². The van der Waals surface area contributed by atoms with Gasteiger partial charge in [-0.05, 0) is 32.0 Å². The number of benzene rings is 1. The van der Waals surface area contributed by atoms with Gasteiger partial charge in [-0.3, -0.25) is 24.7 Å². The number of amides is 1. The molecular weight excluding hydrogens is 406 g/mol. The summed E-state index contributed by atoms with van der Waals surface area (Å²) in [4.78, 5) is 27.9. The number of nitrogens with zero attached hydrogens (tertiary/aromatic N) is 3. The van der Waals surface area contributed by atoms with Crippen LogP contribution < -0.4 is 4.90 Å². The Bertz CT molecular complexity index is 729. The molecule has 1 aromatic rings. The molecule has 140 valence electrons. The minimum atomic E-state index is -1.60. The Hall–Kier alpha value is -1.55. The number of carbonyl (C=O) groups excluding carboxylic acids is 1. The molecule has 0 aliphatic carbocycles. The summed E-state index contributed by atoms with van der Waals surface area (Å²) in [5.74, 6) is -1.91. The van der Waals surface area contributed by atoms with Crippen LogP contribution in [0.25, 0.3) is 0 Å². The lowest BCUT2D eigenvalue weighted by atomic mass is 10.1. The molecular formula is C17H20BrN3O5. The van der Waals surface area contributed by atoms with E-state index in [4.69, 9.17) is 9.47 Å². The van der Waals surface area contributed by atoms with Crippen molar-refractivity contribution in [2.75, 3.05) is 37.9 Å². The maximum Gasteiger partial charge on any atom is 0.320 e. The molecule has 1 spiro atoms. The third kappa shape index (κ3) is 2.74. The molecule has 8 nitrogen and oxygen atoms in total. The van der Waals surface area contributed by atoms with Crippen LogP contribution in [0.4, 0.5) is 5.69 Å². The van der Waals surface area contributed by atoms with Crippen LogP contribution in [0.3, 0.4) is 0 Å². The Kier molecular flexibility index (Phi) is 4.50. The van der Waals surface area contributed by atoms with Crippen LogP contribution in [0.2, 0.25) is 0 Å². The summed E-state index contributed by atoms with van der Waals surface area (Å²) in [7, 11) is 0. The number of likely N-dealkylation sites (tertiary alicyclic amines) is 1. The molecule has 0 saturated carbocycles. The van der Waals surface area contributed by atoms with Gasteiger partial charge in [-0.1, -0.05) is 24.6 Å². The molecule has 0 N–H and O–H groups in total. The first-order chi connectivity index (χ1) is 12.5. The second-order valence-corrected chi connectivity index (χ2v) is 8.42. The van der Waals surface area contributed by atoms with E-state index in [0.29, 0.717) is 12.2 Å². The summed E-state index contributed by atoms with van der Waals surface area (Å²) in [5, 5.41) is 11.2. The summed E-state index contributed by atoms with van der Waals surface area (Å²) in [6.45, 7) is 1.87. The molecule has 26 heavy (non-hydrogen) atoms. The first-order valence-corrected chi connectivity index (χ1v) is 9.51. The van der Waals surface area contributed by atoms with E-state index in [1.807, 2.05) is 18.2 Å². The standard InChI is InChI=1S/C17H20BrN3O5/c18-16(21(23)24)10-25-17(26-11-16)13-6-2-3-7-14(13)20(15(17)22)12-19-8-4-1-5-9-19/h2-3,6-7H,1,4-5,8-12H2. The van der Waals surface area contributed by atoms with Gasteiger partial charge in [0.2, 0.25) is 0 Å². The van der Waals surface area contributed by atoms with Crippen LogP contribution in [0.1, 0.15) is 24.8 Å². The number of piperidine rings is 1. The predicted molar refractivity (Wildman–Crippen MR) is 96.5 cm³/mol. The fourth-order valence-corrected chi connectivity index (χ4v) is 3.95. The SMILES string of the molecule is O=C1N(CN2CCCCC2)c2ccccc2C12OCC(Br)([N+](=O)[O-])CO2. The normalized spacial score (nSPS) is 32.0. The van der Waals surface area contributed by atoms with E-state index in [1.54, 1.807) is 11.0 Å². The largest absolute Gasteiger partial charge is 0.330 e. The molecule has 4 rings (SSSR count). The topological polar surface area (TPSA) is 85.2 Å². The van der Waals surface area contributed by atoms with E-state index >= 15 is 0 Å². The van der Waals surface area contributed by atoms with Crippen molar-refractivity contribution < 1.29 is 19.2 Å². The number of nitro groups is 1. The lowest BCUT2D eigenvalue weighted by Crippen LogP contribution is -2.57. The smallest absolute Gasteiger partial charge is 0.320 e. The first kappa shape index (κ1) is 17.8. The second-order valence-electron chi connectivity index (χ2n) is 6.94. The van der Waals surface area contributed by atoms with E-state index in [2.05, 4.69) is 20.8 Å². The third-order valence-corrected chi connectivity index (χ3v) is 5.93. The van der Waals surface area contributed by atoms with Gasteiger partial charge in [0.25, 0.3) is 11.7 Å². The summed E-state index contributed by atoms with van der Waals surface area (Å²) in [5.41, 5.74) is 1.35. The predicted octanol–water partition coefficient (Wildman–Crippen LogP) is 2.04. The Morgan fingerprint density at radius 3 is 2.46 bits per heavy atom. The number of halogens is 1. The average Bonchev–Trinajstić information content (AvgIpc) is 2.88. The number of fused-ring (bicyclic) bond motifs is 2. The average molecular weight is 426 g/mol. The molecule has 0 unspecified atom stereocenters. The summed E-state index contributed by atoms with van der Waals surface area (Å²) < 4.78 is 9.95. The number of anilines is 1. The fourth-order valence-electron chi connectivity index (χ4n) is 3.72. The van der Waals surface area contributed by atoms with Crippen LogP contribution in [-0.4, -0.2) is 53.2 Å². The summed E-state index contributed by atoms with van der Waals surface area (Å²) in [6, 6.07) is 7.33. The second kappa shape index (κ2) is 6.56. The molecule has 0 atom stereocenters. The Balaban J connectivity index is 1.63. The van der Waals surface area contributed by atoms with Gasteiger partial charge >= 0.3 is 4.45 Å². The Morgan fingerprint density at radius 2 is 1.81 bits per heavy atom. The van der Waals surface area contributed by atoms with Gasteiger partial charge in [0, 0.05) is 26.4 Å². The van der Waals surface area contributed by atoms with Crippen molar-refractivity contribution in [3.8, 4) is 0 Å². The van der Waals surface area contributed by atoms with Crippen molar-refractivity contribution in [2.24, 2.45) is 0 Å². The molecule has 9 heteroatoms. The zero-order valence-corrected chi connectivity index (χ0v) is 15.8. The van der Waals surface area contributed by atoms with Gasteiger partial charge in [-0.15, -0.1) is 0 Å². The van der Waals surface area contributed by atoms with Crippen LogP contribution in [0.15, 0.2) is 24.3 Å². The van der Waals surface area contributed by atoms with E-state index in [9.17, 15) is 14.9 Å². The zero-order chi connectivity index (χ0) is 18.4. The van der Waals surface area contributed by atoms with E-state index in [0.717, 1.165) is 31.6 Å². The lowest BCUT2D eigenvalue weighted by Gasteiger charge is -2.37. The van der Waals surface area contributed by atoms with Crippen molar-refractivity contribution in [3.05, 3.63) is 39.9 Å². The number of hydrogen-bond acceptors (Lipinski definition) is 6. The highest BCUT2D eigenvalue weighted by Gasteiger charge is 2.61. The quantitative estimate of drug-likeness (QED) is 0.318. The molecule has 0 radical (unpaired) electrons. The van der Waals surface area contributed by atoms with Crippen LogP contribution in [0.5, 0.6) is 0 Å². The maximum absolute atomic E-state index is 13.3. The molecule has 3 heterocycles. The molecule has 3 aliphatic rings. The highest BCUT2D eigenvalue weighted by Crippen LogP contribution is 2.47. The Morgan fingerprint density at radius 1 is 1.15 bits per heavy atom. The number of hydrogen-bond donors (Lipinski definition) is 0. The maximum atomic E-state index is 13.3. The molecule has 0 aromatic heterocycles. The van der Waals surface area contributed by atoms with E-state index in [-0.39, 0.29) is 19.1 Å². The molecule has 2 fully saturated rings. The summed E-state index contributed by atoms with van der Waals surface area (Å²) in [6.07, 6.45) is 3.46. The number of carbonyl (C=O) groups is 1. The number of ether oxygens (including phenoxy) is 2. The zero-order valence-electron chi connectivity index (χ0n) is 14.2. The van der Waals surface area contributed by atoms with Crippen molar-refractivity contribution in [1.29, 1.82) is 0 Å². The van der Waals surface area contributed by atoms with Gasteiger partial charge in [-0.25, -0.2) is 0 Å². The van der Waals surface area contributed by atoms with Gasteiger partial charge in [0.1, 0.15) is 13.2 Å². The van der Waals surface area contributed by atoms with E-state index in [1.165, 1.54) is 6.42 Å². The van der Waals surface area contributed by atoms with Crippen LogP contribution in [0, 0.1) is 10.1 Å². The van der Waals surface area contributed by atoms with Gasteiger partial charge < -0.3 is 9.47 Å². The highest BCUT2D eigenvalue weighted by atomic mass is 79.9. The minimum absolute atomic E-state index is 0.252. The molecule has 2 saturated heterocycles. The fraction of sp³-hybridized carbons (Fsp3) is 0.588.